The molecule has 1 N–H and O–H groups in total. The maximum absolute atomic E-state index is 12.9. The second-order valence-electron chi connectivity index (χ2n) is 6.97. The highest BCUT2D eigenvalue weighted by Crippen LogP contribution is 2.36. The summed E-state index contributed by atoms with van der Waals surface area (Å²) in [6.45, 7) is -0.107. The normalized spacial score (nSPS) is 11.1. The van der Waals surface area contributed by atoms with Gasteiger partial charge < -0.3 is 4.74 Å². The number of methoxy groups -OCH3 is 1. The van der Waals surface area contributed by atoms with Crippen LogP contribution in [0, 0.1) is 32.8 Å². The van der Waals surface area contributed by atoms with Crippen LogP contribution in [0.5, 0.6) is 5.75 Å². The molecule has 0 saturated heterocycles. The van der Waals surface area contributed by atoms with Crippen LogP contribution < -0.4 is 10.1 Å². The van der Waals surface area contributed by atoms with Crippen LogP contribution in [0.3, 0.4) is 0 Å². The minimum absolute atomic E-state index is 0.0265. The monoisotopic (exact) mass is 514 g/mol. The van der Waals surface area contributed by atoms with Crippen LogP contribution in [0.15, 0.2) is 41.3 Å². The number of nitrogens with one attached hydrogen (secondary N) is 1. The summed E-state index contributed by atoms with van der Waals surface area (Å²) in [6, 6.07) is 11.5. The van der Waals surface area contributed by atoms with Crippen molar-refractivity contribution >= 4 is 48.3 Å². The first-order chi connectivity index (χ1) is 16.7. The molecule has 3 rings (SSSR count). The lowest BCUT2D eigenvalue weighted by Gasteiger charge is -2.20. The number of amides is 1. The topological polar surface area (TPSA) is 179 Å². The molecule has 1 aromatic heterocycles. The first kappa shape index (κ1) is 25.5. The van der Waals surface area contributed by atoms with Gasteiger partial charge in [0.2, 0.25) is 10.0 Å². The van der Waals surface area contributed by atoms with Gasteiger partial charge in [0.25, 0.3) is 11.6 Å². The number of fused-ring (bicyclic) bond motifs is 1. The van der Waals surface area contributed by atoms with Crippen molar-refractivity contribution in [2.75, 3.05) is 25.5 Å². The van der Waals surface area contributed by atoms with Crippen LogP contribution >= 0.6 is 11.3 Å². The number of carbonyl (C=O) groups excluding carboxylic acids is 1. The third kappa shape index (κ3) is 5.70. The van der Waals surface area contributed by atoms with Gasteiger partial charge in [-0.1, -0.05) is 11.3 Å². The standard InChI is InChI=1S/C21H18N6O6S2/c1-33-17-12-15(27(29)30)13-18-19(17)24-21(34-18)25-20(28)14-4-6-16(7-5-14)35(31,32)26(10-2-8-22)11-3-9-23/h4-7,12-13H,2-3,10-11H2,1H3,(H,24,25,28). The summed E-state index contributed by atoms with van der Waals surface area (Å²) in [4.78, 5) is 27.4. The number of carbonyl (C=O) groups is 1. The number of nitro groups is 1. The number of aromatic nitrogens is 1. The maximum atomic E-state index is 12.9. The van der Waals surface area contributed by atoms with Crippen LogP contribution in [0.2, 0.25) is 0 Å². The number of hydrogen-bond donors (Lipinski definition) is 1. The molecule has 0 unspecified atom stereocenters. The molecular weight excluding hydrogens is 496 g/mol. The van der Waals surface area contributed by atoms with Gasteiger partial charge in [-0.2, -0.15) is 14.8 Å². The number of thiazole rings is 1. The minimum Gasteiger partial charge on any atom is -0.494 e. The second kappa shape index (κ2) is 10.9. The molecule has 0 fully saturated rings. The van der Waals surface area contributed by atoms with E-state index >= 15 is 0 Å². The number of benzene rings is 2. The van der Waals surface area contributed by atoms with E-state index in [9.17, 15) is 23.3 Å². The number of hydrogen-bond acceptors (Lipinski definition) is 10. The van der Waals surface area contributed by atoms with Gasteiger partial charge in [0.05, 0.1) is 39.8 Å². The van der Waals surface area contributed by atoms with Crippen molar-refractivity contribution in [2.45, 2.75) is 17.7 Å². The molecule has 180 valence electrons. The lowest BCUT2D eigenvalue weighted by Crippen LogP contribution is -2.32. The van der Waals surface area contributed by atoms with E-state index in [-0.39, 0.29) is 53.0 Å². The fraction of sp³-hybridized carbons (Fsp3) is 0.238. The SMILES string of the molecule is COc1cc([N+](=O)[O-])cc2sc(NC(=O)c3ccc(S(=O)(=O)N(CCC#N)CCC#N)cc3)nc12. The molecule has 0 bridgehead atoms. The third-order valence-electron chi connectivity index (χ3n) is 4.80. The minimum atomic E-state index is -3.96. The summed E-state index contributed by atoms with van der Waals surface area (Å²) in [6.07, 6.45) is -0.0531. The molecule has 2 aromatic carbocycles. The maximum Gasteiger partial charge on any atom is 0.274 e. The summed E-state index contributed by atoms with van der Waals surface area (Å²) in [5.74, 6) is -0.370. The molecule has 0 aliphatic carbocycles. The highest BCUT2D eigenvalue weighted by molar-refractivity contribution is 7.89. The number of rotatable bonds is 10. The fourth-order valence-corrected chi connectivity index (χ4v) is 5.45. The van der Waals surface area contributed by atoms with E-state index in [1.54, 1.807) is 0 Å². The summed E-state index contributed by atoms with van der Waals surface area (Å²) in [5, 5.41) is 31.5. The number of sulfonamides is 1. The van der Waals surface area contributed by atoms with Crippen molar-refractivity contribution in [3.63, 3.8) is 0 Å². The number of nitriles is 2. The molecular formula is C21H18N6O6S2. The molecule has 0 atom stereocenters. The zero-order chi connectivity index (χ0) is 25.6. The van der Waals surface area contributed by atoms with Gasteiger partial charge in [-0.25, -0.2) is 13.4 Å². The van der Waals surface area contributed by atoms with Crippen LogP contribution in [-0.4, -0.2) is 48.7 Å². The number of nitrogens with zero attached hydrogens (tertiary/aromatic N) is 5. The van der Waals surface area contributed by atoms with Gasteiger partial charge in [0.1, 0.15) is 5.52 Å². The van der Waals surface area contributed by atoms with Gasteiger partial charge in [-0.3, -0.25) is 20.2 Å². The Balaban J connectivity index is 1.81. The first-order valence-electron chi connectivity index (χ1n) is 9.99. The second-order valence-corrected chi connectivity index (χ2v) is 9.94. The zero-order valence-electron chi connectivity index (χ0n) is 18.3. The van der Waals surface area contributed by atoms with Gasteiger partial charge in [0, 0.05) is 37.6 Å². The molecule has 0 spiro atoms. The van der Waals surface area contributed by atoms with Gasteiger partial charge >= 0.3 is 0 Å². The van der Waals surface area contributed by atoms with Crippen LogP contribution in [0.4, 0.5) is 10.8 Å². The van der Waals surface area contributed by atoms with Crippen molar-refractivity contribution in [3.05, 3.63) is 52.1 Å². The smallest absolute Gasteiger partial charge is 0.274 e. The number of anilines is 1. The third-order valence-corrected chi connectivity index (χ3v) is 7.63. The molecule has 14 heteroatoms. The predicted octanol–water partition coefficient (Wildman–Crippen LogP) is 3.28. The fourth-order valence-electron chi connectivity index (χ4n) is 3.10. The Hall–Kier alpha value is -4.11. The van der Waals surface area contributed by atoms with Crippen LogP contribution in [0.1, 0.15) is 23.2 Å². The number of ether oxygens (including phenoxy) is 1. The summed E-state index contributed by atoms with van der Waals surface area (Å²) < 4.78 is 32.4. The van der Waals surface area contributed by atoms with Crippen molar-refractivity contribution in [3.8, 4) is 17.9 Å². The molecule has 1 heterocycles. The Labute approximate surface area is 204 Å². The van der Waals surface area contributed by atoms with Crippen molar-refractivity contribution in [1.82, 2.24) is 9.29 Å². The molecule has 35 heavy (non-hydrogen) atoms. The van der Waals surface area contributed by atoms with Gasteiger partial charge in [-0.05, 0) is 24.3 Å². The van der Waals surface area contributed by atoms with Crippen molar-refractivity contribution in [2.24, 2.45) is 0 Å². The van der Waals surface area contributed by atoms with Gasteiger partial charge in [0.15, 0.2) is 10.9 Å². The molecule has 0 saturated carbocycles. The Morgan fingerprint density at radius 2 is 1.83 bits per heavy atom. The molecule has 1 amide bonds. The van der Waals surface area contributed by atoms with Gasteiger partial charge in [-0.15, -0.1) is 0 Å². The predicted molar refractivity (Wildman–Crippen MR) is 126 cm³/mol. The van der Waals surface area contributed by atoms with Crippen LogP contribution in [-0.2, 0) is 10.0 Å². The molecule has 0 aliphatic heterocycles. The van der Waals surface area contributed by atoms with E-state index in [1.807, 2.05) is 12.1 Å². The number of non-ortho nitro benzene ring substituents is 1. The molecule has 3 aromatic rings. The highest BCUT2D eigenvalue weighted by atomic mass is 32.2. The lowest BCUT2D eigenvalue weighted by atomic mass is 10.2. The highest BCUT2D eigenvalue weighted by Gasteiger charge is 2.24. The largest absolute Gasteiger partial charge is 0.494 e. The Morgan fingerprint density at radius 3 is 2.37 bits per heavy atom. The Kier molecular flexibility index (Phi) is 7.93. The molecule has 12 nitrogen and oxygen atoms in total. The Morgan fingerprint density at radius 1 is 1.20 bits per heavy atom. The average molecular weight is 515 g/mol. The summed E-state index contributed by atoms with van der Waals surface area (Å²) in [5.41, 5.74) is 0.336. The molecule has 0 radical (unpaired) electrons. The first-order valence-corrected chi connectivity index (χ1v) is 12.3. The van der Waals surface area contributed by atoms with E-state index in [4.69, 9.17) is 15.3 Å². The zero-order valence-corrected chi connectivity index (χ0v) is 19.9. The number of nitro benzene ring substituents is 1. The summed E-state index contributed by atoms with van der Waals surface area (Å²) in [7, 11) is -2.61. The Bertz CT molecular complexity index is 1440. The lowest BCUT2D eigenvalue weighted by molar-refractivity contribution is -0.384. The van der Waals surface area contributed by atoms with Crippen molar-refractivity contribution in [1.29, 1.82) is 10.5 Å². The van der Waals surface area contributed by atoms with Crippen LogP contribution in [0.25, 0.3) is 10.2 Å². The quantitative estimate of drug-likeness (QED) is 0.314. The molecule has 0 aliphatic rings. The van der Waals surface area contributed by atoms with E-state index in [0.29, 0.717) is 10.2 Å². The average Bonchev–Trinajstić information content (AvgIpc) is 3.25. The summed E-state index contributed by atoms with van der Waals surface area (Å²) >= 11 is 1.03. The van der Waals surface area contributed by atoms with E-state index < -0.39 is 20.9 Å². The van der Waals surface area contributed by atoms with Crippen molar-refractivity contribution < 1.29 is 22.9 Å². The van der Waals surface area contributed by atoms with E-state index in [0.717, 1.165) is 15.6 Å². The van der Waals surface area contributed by atoms with E-state index in [2.05, 4.69) is 10.3 Å². The van der Waals surface area contributed by atoms with E-state index in [1.165, 1.54) is 43.5 Å².